The lowest BCUT2D eigenvalue weighted by atomic mass is 9.83. The van der Waals surface area contributed by atoms with Crippen molar-refractivity contribution in [2.75, 3.05) is 32.7 Å². The first kappa shape index (κ1) is 25.9. The van der Waals surface area contributed by atoms with Gasteiger partial charge < -0.3 is 4.90 Å². The summed E-state index contributed by atoms with van der Waals surface area (Å²) >= 11 is 9.85. The second-order valence-corrected chi connectivity index (χ2v) is 13.3. The van der Waals surface area contributed by atoms with Crippen molar-refractivity contribution in [2.24, 2.45) is 11.8 Å². The molecule has 1 N–H and O–H groups in total. The molecule has 1 aromatic rings. The average Bonchev–Trinajstić information content (AvgIpc) is 3.35. The fraction of sp³-hybridized carbons (Fsp3) is 0.760. The second-order valence-electron chi connectivity index (χ2n) is 10.3. The van der Waals surface area contributed by atoms with E-state index in [9.17, 15) is 8.42 Å². The van der Waals surface area contributed by atoms with Crippen LogP contribution in [0, 0.1) is 11.8 Å². The Labute approximate surface area is 213 Å². The Hall–Kier alpha value is -0.180. The van der Waals surface area contributed by atoms with Gasteiger partial charge in [0.2, 0.25) is 0 Å². The zero-order chi connectivity index (χ0) is 23.3. The van der Waals surface area contributed by atoms with Crippen LogP contribution < -0.4 is 4.72 Å². The predicted molar refractivity (Wildman–Crippen MR) is 140 cm³/mol. The van der Waals surface area contributed by atoms with Crippen LogP contribution in [0.25, 0.3) is 0 Å². The van der Waals surface area contributed by atoms with Gasteiger partial charge in [0.25, 0.3) is 10.2 Å². The van der Waals surface area contributed by atoms with E-state index in [0.29, 0.717) is 13.1 Å². The Morgan fingerprint density at radius 1 is 0.970 bits per heavy atom. The number of nitrogens with one attached hydrogen (secondary N) is 1. The van der Waals surface area contributed by atoms with E-state index in [1.54, 1.807) is 4.31 Å². The Bertz CT molecular complexity index is 862. The largest absolute Gasteiger partial charge is 0.303 e. The zero-order valence-electron chi connectivity index (χ0n) is 19.7. The molecule has 8 heteroatoms. The third-order valence-corrected chi connectivity index (χ3v) is 10.6. The van der Waals surface area contributed by atoms with Crippen LogP contribution in [0.2, 0.25) is 5.02 Å². The third-order valence-electron chi connectivity index (χ3n) is 7.88. The molecule has 0 atom stereocenters. The maximum atomic E-state index is 12.5. The van der Waals surface area contributed by atoms with Crippen molar-refractivity contribution in [1.82, 2.24) is 13.9 Å². The number of rotatable bonds is 9. The van der Waals surface area contributed by atoms with Crippen LogP contribution in [0.4, 0.5) is 0 Å². The SMILES string of the molecule is O=S(=O)(N[C@H]1CC[C@H](CCCN2CCC(Cc3cc(Cl)ccc3Br)CC2)CC1)N1CCCC1. The van der Waals surface area contributed by atoms with Crippen LogP contribution >= 0.6 is 27.5 Å². The molecule has 2 heterocycles. The van der Waals surface area contributed by atoms with Gasteiger partial charge in [0.05, 0.1) is 0 Å². The monoisotopic (exact) mass is 559 g/mol. The lowest BCUT2D eigenvalue weighted by Crippen LogP contribution is -2.45. The molecule has 3 aliphatic rings. The van der Waals surface area contributed by atoms with Gasteiger partial charge in [-0.15, -0.1) is 0 Å². The molecule has 0 spiro atoms. The van der Waals surface area contributed by atoms with Gasteiger partial charge in [0.1, 0.15) is 0 Å². The Kier molecular flexibility index (Phi) is 9.56. The quantitative estimate of drug-likeness (QED) is 0.426. The van der Waals surface area contributed by atoms with Crippen molar-refractivity contribution in [3.05, 3.63) is 33.3 Å². The highest BCUT2D eigenvalue weighted by Gasteiger charge is 2.30. The molecule has 1 saturated carbocycles. The minimum Gasteiger partial charge on any atom is -0.303 e. The minimum absolute atomic E-state index is 0.130. The molecule has 0 radical (unpaired) electrons. The summed E-state index contributed by atoms with van der Waals surface area (Å²) in [7, 11) is -3.27. The predicted octanol–water partition coefficient (Wildman–Crippen LogP) is 5.63. The molecular weight excluding hydrogens is 522 g/mol. The molecule has 2 saturated heterocycles. The molecule has 0 unspecified atom stereocenters. The van der Waals surface area contributed by atoms with Crippen molar-refractivity contribution < 1.29 is 8.42 Å². The first-order chi connectivity index (χ1) is 15.9. The number of hydrogen-bond acceptors (Lipinski definition) is 3. The van der Waals surface area contributed by atoms with Gasteiger partial charge in [-0.3, -0.25) is 0 Å². The van der Waals surface area contributed by atoms with Crippen molar-refractivity contribution in [3.63, 3.8) is 0 Å². The lowest BCUT2D eigenvalue weighted by Gasteiger charge is -2.33. The van der Waals surface area contributed by atoms with Gasteiger partial charge in [-0.2, -0.15) is 17.4 Å². The van der Waals surface area contributed by atoms with Gasteiger partial charge in [0.15, 0.2) is 0 Å². The van der Waals surface area contributed by atoms with Crippen LogP contribution in [0.3, 0.4) is 0 Å². The summed E-state index contributed by atoms with van der Waals surface area (Å²) in [6, 6.07) is 6.23. The van der Waals surface area contributed by atoms with Gasteiger partial charge >= 0.3 is 0 Å². The summed E-state index contributed by atoms with van der Waals surface area (Å²) < 4.78 is 30.7. The molecule has 1 aromatic carbocycles. The third kappa shape index (κ3) is 7.65. The summed E-state index contributed by atoms with van der Waals surface area (Å²) in [5.74, 6) is 1.51. The molecule has 1 aliphatic carbocycles. The summed E-state index contributed by atoms with van der Waals surface area (Å²) in [6.45, 7) is 4.97. The highest BCUT2D eigenvalue weighted by molar-refractivity contribution is 9.10. The molecular formula is C25H39BrClN3O2S. The number of halogens is 2. The molecule has 33 heavy (non-hydrogen) atoms. The highest BCUT2D eigenvalue weighted by atomic mass is 79.9. The van der Waals surface area contributed by atoms with Crippen molar-refractivity contribution >= 4 is 37.7 Å². The van der Waals surface area contributed by atoms with Crippen molar-refractivity contribution in [3.8, 4) is 0 Å². The molecule has 5 nitrogen and oxygen atoms in total. The molecule has 186 valence electrons. The smallest absolute Gasteiger partial charge is 0.279 e. The van der Waals surface area contributed by atoms with Gasteiger partial charge in [-0.05, 0) is 126 Å². The number of piperidine rings is 1. The normalized spacial score (nSPS) is 26.1. The van der Waals surface area contributed by atoms with Gasteiger partial charge in [-0.1, -0.05) is 27.5 Å². The zero-order valence-corrected chi connectivity index (χ0v) is 22.8. The van der Waals surface area contributed by atoms with Gasteiger partial charge in [-0.25, -0.2) is 0 Å². The molecule has 3 fully saturated rings. The average molecular weight is 561 g/mol. The van der Waals surface area contributed by atoms with Crippen LogP contribution in [0.5, 0.6) is 0 Å². The maximum absolute atomic E-state index is 12.5. The highest BCUT2D eigenvalue weighted by Crippen LogP contribution is 2.30. The van der Waals surface area contributed by atoms with E-state index >= 15 is 0 Å². The fourth-order valence-corrected chi connectivity index (χ4v) is 7.96. The van der Waals surface area contributed by atoms with E-state index < -0.39 is 10.2 Å². The molecule has 2 aliphatic heterocycles. The van der Waals surface area contributed by atoms with Gasteiger partial charge in [0, 0.05) is 28.6 Å². The second kappa shape index (κ2) is 12.2. The van der Waals surface area contributed by atoms with E-state index in [2.05, 4.69) is 37.7 Å². The topological polar surface area (TPSA) is 52.7 Å². The van der Waals surface area contributed by atoms with E-state index in [-0.39, 0.29) is 6.04 Å². The summed E-state index contributed by atoms with van der Waals surface area (Å²) in [6.07, 6.45) is 12.5. The van der Waals surface area contributed by atoms with E-state index in [1.165, 1.54) is 55.4 Å². The summed E-state index contributed by atoms with van der Waals surface area (Å²) in [5.41, 5.74) is 1.33. The van der Waals surface area contributed by atoms with Crippen molar-refractivity contribution in [1.29, 1.82) is 0 Å². The fourth-order valence-electron chi connectivity index (χ4n) is 5.81. The first-order valence-corrected chi connectivity index (χ1v) is 15.4. The van der Waals surface area contributed by atoms with Crippen LogP contribution in [-0.4, -0.2) is 56.4 Å². The van der Waals surface area contributed by atoms with Crippen LogP contribution in [0.15, 0.2) is 22.7 Å². The number of nitrogens with zero attached hydrogens (tertiary/aromatic N) is 2. The number of likely N-dealkylation sites (tertiary alicyclic amines) is 1. The Morgan fingerprint density at radius 2 is 1.67 bits per heavy atom. The standard InChI is InChI=1S/C25H39BrClN3O2S/c26-25-10-7-23(27)19-22(25)18-21-11-16-29(17-12-21)13-3-4-20-5-8-24(9-6-20)28-33(31,32)30-14-1-2-15-30/h7,10,19-21,24,28H,1-6,8-9,11-18H2/t20-,24-. The van der Waals surface area contributed by atoms with Crippen molar-refractivity contribution in [2.45, 2.75) is 76.7 Å². The first-order valence-electron chi connectivity index (χ1n) is 12.8. The number of hydrogen-bond donors (Lipinski definition) is 1. The minimum atomic E-state index is -3.27. The van der Waals surface area contributed by atoms with Crippen LogP contribution in [0.1, 0.15) is 69.8 Å². The van der Waals surface area contributed by atoms with E-state index in [4.69, 9.17) is 11.6 Å². The van der Waals surface area contributed by atoms with E-state index in [1.807, 2.05) is 6.07 Å². The maximum Gasteiger partial charge on any atom is 0.279 e. The number of benzene rings is 1. The molecule has 4 rings (SSSR count). The molecule has 0 aromatic heterocycles. The summed E-state index contributed by atoms with van der Waals surface area (Å²) in [4.78, 5) is 2.64. The molecule has 0 amide bonds. The molecule has 0 bridgehead atoms. The summed E-state index contributed by atoms with van der Waals surface area (Å²) in [5, 5.41) is 0.823. The van der Waals surface area contributed by atoms with Crippen LogP contribution in [-0.2, 0) is 16.6 Å². The lowest BCUT2D eigenvalue weighted by molar-refractivity contribution is 0.175. The Morgan fingerprint density at radius 3 is 2.36 bits per heavy atom. The van der Waals surface area contributed by atoms with E-state index in [0.717, 1.165) is 61.8 Å². The Balaban J connectivity index is 1.09.